The Morgan fingerprint density at radius 2 is 2.03 bits per heavy atom. The van der Waals surface area contributed by atoms with Gasteiger partial charge in [-0.15, -0.1) is 0 Å². The number of piperidine rings is 1. The van der Waals surface area contributed by atoms with Gasteiger partial charge in [0.05, 0.1) is 19.3 Å². The van der Waals surface area contributed by atoms with Crippen molar-refractivity contribution in [3.8, 4) is 11.5 Å². The van der Waals surface area contributed by atoms with E-state index in [2.05, 4.69) is 12.1 Å². The van der Waals surface area contributed by atoms with Crippen LogP contribution in [-0.2, 0) is 15.1 Å². The summed E-state index contributed by atoms with van der Waals surface area (Å²) in [7, 11) is 1.53. The average molecular weight is 430 g/mol. The SMILES string of the molecule is COc1cc(C(=O)N2CC[C@@]3(c4ccccc4)OCOC3C2)ccc1OCC(C)(C)O.[HH]. The summed E-state index contributed by atoms with van der Waals surface area (Å²) in [4.78, 5) is 15.0. The van der Waals surface area contributed by atoms with Gasteiger partial charge in [-0.3, -0.25) is 4.79 Å². The highest BCUT2D eigenvalue weighted by molar-refractivity contribution is 5.95. The van der Waals surface area contributed by atoms with Crippen molar-refractivity contribution in [1.82, 2.24) is 4.90 Å². The van der Waals surface area contributed by atoms with E-state index >= 15 is 0 Å². The van der Waals surface area contributed by atoms with E-state index in [0.717, 1.165) is 5.56 Å². The molecule has 0 bridgehead atoms. The van der Waals surface area contributed by atoms with E-state index in [-0.39, 0.29) is 26.8 Å². The monoisotopic (exact) mass is 429 g/mol. The summed E-state index contributed by atoms with van der Waals surface area (Å²) in [5.74, 6) is 0.839. The molecule has 0 radical (unpaired) electrons. The first kappa shape index (κ1) is 21.6. The molecule has 2 aliphatic rings. The second kappa shape index (κ2) is 8.49. The minimum atomic E-state index is -0.970. The van der Waals surface area contributed by atoms with Crippen LogP contribution in [0.1, 0.15) is 37.6 Å². The van der Waals surface area contributed by atoms with Crippen LogP contribution in [0.5, 0.6) is 11.5 Å². The van der Waals surface area contributed by atoms with Crippen molar-refractivity contribution < 1.29 is 30.3 Å². The first-order valence-electron chi connectivity index (χ1n) is 10.5. The fraction of sp³-hybridized carbons (Fsp3) is 0.458. The number of nitrogens with zero attached hydrogens (tertiary/aromatic N) is 1. The molecule has 2 aromatic rings. The Labute approximate surface area is 184 Å². The van der Waals surface area contributed by atoms with E-state index in [4.69, 9.17) is 18.9 Å². The molecule has 0 spiro atoms. The number of hydrogen-bond acceptors (Lipinski definition) is 6. The van der Waals surface area contributed by atoms with Gasteiger partial charge in [0.2, 0.25) is 0 Å². The van der Waals surface area contributed by atoms with Crippen LogP contribution >= 0.6 is 0 Å². The van der Waals surface area contributed by atoms with E-state index in [1.165, 1.54) is 7.11 Å². The van der Waals surface area contributed by atoms with E-state index in [1.54, 1.807) is 36.9 Å². The predicted octanol–water partition coefficient (Wildman–Crippen LogP) is 3.21. The third-order valence-corrected chi connectivity index (χ3v) is 5.79. The Bertz CT molecular complexity index is 932. The summed E-state index contributed by atoms with van der Waals surface area (Å²) in [5, 5.41) is 9.88. The number of methoxy groups -OCH3 is 1. The first-order valence-corrected chi connectivity index (χ1v) is 10.5. The van der Waals surface area contributed by atoms with Crippen molar-refractivity contribution in [3.05, 3.63) is 59.7 Å². The zero-order valence-corrected chi connectivity index (χ0v) is 18.2. The molecule has 2 aliphatic heterocycles. The Kier molecular flexibility index (Phi) is 5.92. The summed E-state index contributed by atoms with van der Waals surface area (Å²) in [6.07, 6.45) is 0.445. The predicted molar refractivity (Wildman–Crippen MR) is 116 cm³/mol. The maximum atomic E-state index is 13.2. The molecule has 2 aromatic carbocycles. The van der Waals surface area contributed by atoms with Crippen LogP contribution in [0.4, 0.5) is 0 Å². The average Bonchev–Trinajstić information content (AvgIpc) is 3.21. The van der Waals surface area contributed by atoms with Crippen LogP contribution in [0.15, 0.2) is 48.5 Å². The van der Waals surface area contributed by atoms with Gasteiger partial charge >= 0.3 is 0 Å². The number of fused-ring (bicyclic) bond motifs is 1. The highest BCUT2D eigenvalue weighted by Gasteiger charge is 2.51. The second-order valence-electron chi connectivity index (χ2n) is 8.64. The van der Waals surface area contributed by atoms with E-state index in [9.17, 15) is 9.90 Å². The Balaban J connectivity index is 0.00000289. The molecule has 0 saturated carbocycles. The van der Waals surface area contributed by atoms with Crippen LogP contribution in [-0.4, -0.2) is 61.2 Å². The molecular weight excluding hydrogens is 398 g/mol. The van der Waals surface area contributed by atoms with Gasteiger partial charge in [-0.1, -0.05) is 30.3 Å². The quantitative estimate of drug-likeness (QED) is 0.760. The molecule has 1 amide bonds. The van der Waals surface area contributed by atoms with Gasteiger partial charge in [-0.2, -0.15) is 0 Å². The fourth-order valence-corrected chi connectivity index (χ4v) is 4.15. The molecule has 0 aliphatic carbocycles. The van der Waals surface area contributed by atoms with Crippen molar-refractivity contribution in [2.45, 2.75) is 37.6 Å². The topological polar surface area (TPSA) is 77.5 Å². The Morgan fingerprint density at radius 3 is 2.74 bits per heavy atom. The van der Waals surface area contributed by atoms with Crippen molar-refractivity contribution in [1.29, 1.82) is 0 Å². The van der Waals surface area contributed by atoms with Gasteiger partial charge in [-0.05, 0) is 37.6 Å². The van der Waals surface area contributed by atoms with Gasteiger partial charge in [0.1, 0.15) is 25.1 Å². The molecule has 7 nitrogen and oxygen atoms in total. The van der Waals surface area contributed by atoms with Crippen LogP contribution in [0.3, 0.4) is 0 Å². The Hall–Kier alpha value is -2.61. The lowest BCUT2D eigenvalue weighted by Gasteiger charge is -2.42. The molecule has 1 N–H and O–H groups in total. The number of carbonyl (C=O) groups excluding carboxylic acids is 1. The summed E-state index contributed by atoms with van der Waals surface area (Å²) in [6.45, 7) is 4.68. The van der Waals surface area contributed by atoms with E-state index in [1.807, 2.05) is 18.2 Å². The molecule has 2 fully saturated rings. The van der Waals surface area contributed by atoms with Gasteiger partial charge < -0.3 is 29.0 Å². The minimum absolute atomic E-state index is 0. The van der Waals surface area contributed by atoms with Gasteiger partial charge in [0.25, 0.3) is 5.91 Å². The second-order valence-corrected chi connectivity index (χ2v) is 8.64. The number of ether oxygens (including phenoxy) is 4. The third kappa shape index (κ3) is 4.39. The first-order chi connectivity index (χ1) is 14.8. The van der Waals surface area contributed by atoms with Gasteiger partial charge in [0.15, 0.2) is 11.5 Å². The van der Waals surface area contributed by atoms with Gasteiger partial charge in [0, 0.05) is 20.0 Å². The molecule has 31 heavy (non-hydrogen) atoms. The maximum absolute atomic E-state index is 13.2. The van der Waals surface area contributed by atoms with Crippen LogP contribution in [0, 0.1) is 0 Å². The number of rotatable bonds is 6. The third-order valence-electron chi connectivity index (χ3n) is 5.79. The van der Waals surface area contributed by atoms with E-state index in [0.29, 0.717) is 36.6 Å². The van der Waals surface area contributed by atoms with Crippen molar-refractivity contribution in [3.63, 3.8) is 0 Å². The lowest BCUT2D eigenvalue weighted by Crippen LogP contribution is -2.53. The smallest absolute Gasteiger partial charge is 0.254 e. The fourth-order valence-electron chi connectivity index (χ4n) is 4.15. The van der Waals surface area contributed by atoms with Crippen LogP contribution in [0.2, 0.25) is 0 Å². The molecule has 2 saturated heterocycles. The van der Waals surface area contributed by atoms with Crippen molar-refractivity contribution >= 4 is 5.91 Å². The molecule has 2 heterocycles. The zero-order chi connectivity index (χ0) is 22.1. The minimum Gasteiger partial charge on any atom is -0.493 e. The zero-order valence-electron chi connectivity index (χ0n) is 18.2. The van der Waals surface area contributed by atoms with Crippen LogP contribution < -0.4 is 9.47 Å². The maximum Gasteiger partial charge on any atom is 0.254 e. The number of amides is 1. The lowest BCUT2D eigenvalue weighted by atomic mass is 9.82. The number of carbonyl (C=O) groups is 1. The van der Waals surface area contributed by atoms with Crippen LogP contribution in [0.25, 0.3) is 0 Å². The summed E-state index contributed by atoms with van der Waals surface area (Å²) < 4.78 is 23.0. The molecule has 4 rings (SSSR count). The molecular formula is C24H31NO6. The Morgan fingerprint density at radius 1 is 1.26 bits per heavy atom. The summed E-state index contributed by atoms with van der Waals surface area (Å²) in [6, 6.07) is 15.2. The highest BCUT2D eigenvalue weighted by Crippen LogP contribution is 2.42. The highest BCUT2D eigenvalue weighted by atomic mass is 16.7. The summed E-state index contributed by atoms with van der Waals surface area (Å²) in [5.41, 5.74) is 0.116. The normalized spacial score (nSPS) is 23.4. The van der Waals surface area contributed by atoms with E-state index < -0.39 is 11.2 Å². The van der Waals surface area contributed by atoms with Crippen molar-refractivity contribution in [2.75, 3.05) is 33.6 Å². The summed E-state index contributed by atoms with van der Waals surface area (Å²) >= 11 is 0. The largest absolute Gasteiger partial charge is 0.493 e. The number of likely N-dealkylation sites (tertiary alicyclic amines) is 1. The molecule has 168 valence electrons. The molecule has 1 unspecified atom stereocenters. The number of benzene rings is 2. The number of aliphatic hydroxyl groups is 1. The standard InChI is InChI=1S/C24H29NO6.H2/c1-23(2,27)15-29-19-10-9-17(13-20(19)28-3)22(26)25-12-11-24(18-7-5-4-6-8-18)21(14-25)30-16-31-24;/h4-10,13,21,27H,11-12,14-16H2,1-3H3;1H/t21?,24-;/m0./s1. The molecule has 7 heteroatoms. The number of hydrogen-bond donors (Lipinski definition) is 1. The van der Waals surface area contributed by atoms with Gasteiger partial charge in [-0.25, -0.2) is 0 Å². The molecule has 2 atom stereocenters. The molecule has 0 aromatic heterocycles. The van der Waals surface area contributed by atoms with Crippen molar-refractivity contribution in [2.24, 2.45) is 0 Å². The lowest BCUT2D eigenvalue weighted by molar-refractivity contribution is -0.0439.